The lowest BCUT2D eigenvalue weighted by molar-refractivity contribution is 0.0526. The number of carbonyl (C=O) groups is 2. The highest BCUT2D eigenvalue weighted by molar-refractivity contribution is 6.09. The number of unbranched alkanes of at least 4 members (excludes halogenated alkanes) is 4. The van der Waals surface area contributed by atoms with Crippen molar-refractivity contribution in [2.24, 2.45) is 0 Å². The maximum Gasteiger partial charge on any atom is 0.338 e. The van der Waals surface area contributed by atoms with Crippen LogP contribution in [0.5, 0.6) is 0 Å². The molecular weight excluding hydrogens is 264 g/mol. The molecule has 0 radical (unpaired) electrons. The minimum absolute atomic E-state index is 0.207. The highest BCUT2D eigenvalue weighted by Gasteiger charge is 2.07. The summed E-state index contributed by atoms with van der Waals surface area (Å²) in [6.07, 6.45) is 5.36. The van der Waals surface area contributed by atoms with Gasteiger partial charge in [-0.3, -0.25) is 4.79 Å². The molecule has 0 aliphatic heterocycles. The van der Waals surface area contributed by atoms with Crippen molar-refractivity contribution in [2.75, 3.05) is 6.61 Å². The smallest absolute Gasteiger partial charge is 0.338 e. The summed E-state index contributed by atoms with van der Waals surface area (Å²) in [7, 11) is 0. The van der Waals surface area contributed by atoms with Crippen LogP contribution >= 0.6 is 0 Å². The van der Waals surface area contributed by atoms with Crippen molar-refractivity contribution in [3.8, 4) is 11.8 Å². The summed E-state index contributed by atoms with van der Waals surface area (Å²) in [6, 6.07) is 6.41. The Labute approximate surface area is 126 Å². The molecule has 0 bridgehead atoms. The summed E-state index contributed by atoms with van der Waals surface area (Å²) in [6.45, 7) is 4.25. The molecular formula is C18H22O3. The Morgan fingerprint density at radius 2 is 1.67 bits per heavy atom. The molecule has 21 heavy (non-hydrogen) atoms. The van der Waals surface area contributed by atoms with Crippen LogP contribution in [0.3, 0.4) is 0 Å². The minimum atomic E-state index is -0.376. The first kappa shape index (κ1) is 17.0. The third-order valence-corrected chi connectivity index (χ3v) is 3.02. The molecule has 0 aliphatic rings. The van der Waals surface area contributed by atoms with Crippen LogP contribution in [0.25, 0.3) is 0 Å². The van der Waals surface area contributed by atoms with Gasteiger partial charge in [-0.15, -0.1) is 0 Å². The minimum Gasteiger partial charge on any atom is -0.462 e. The van der Waals surface area contributed by atoms with Gasteiger partial charge in [0, 0.05) is 12.0 Å². The zero-order chi connectivity index (χ0) is 15.5. The van der Waals surface area contributed by atoms with Crippen molar-refractivity contribution in [2.45, 2.75) is 46.0 Å². The number of carbonyl (C=O) groups excluding carboxylic acids is 2. The monoisotopic (exact) mass is 286 g/mol. The molecule has 112 valence electrons. The largest absolute Gasteiger partial charge is 0.462 e. The van der Waals surface area contributed by atoms with Gasteiger partial charge in [-0.25, -0.2) is 4.79 Å². The van der Waals surface area contributed by atoms with Gasteiger partial charge >= 0.3 is 5.97 Å². The number of hydrogen-bond acceptors (Lipinski definition) is 3. The first-order chi connectivity index (χ1) is 10.2. The standard InChI is InChI=1S/C18H22O3/c1-3-5-6-7-8-9-10-17(19)15-11-13-16(14-12-15)18(20)21-4-2/h11-14H,3-8H2,1-2H3. The van der Waals surface area contributed by atoms with Crippen molar-refractivity contribution in [3.05, 3.63) is 35.4 Å². The summed E-state index contributed by atoms with van der Waals surface area (Å²) in [5.41, 5.74) is 0.949. The van der Waals surface area contributed by atoms with Crippen LogP contribution in [0.2, 0.25) is 0 Å². The highest BCUT2D eigenvalue weighted by Crippen LogP contribution is 2.07. The Kier molecular flexibility index (Phi) is 7.89. The Morgan fingerprint density at radius 3 is 2.29 bits per heavy atom. The van der Waals surface area contributed by atoms with Gasteiger partial charge in [0.1, 0.15) is 0 Å². The fourth-order valence-corrected chi connectivity index (χ4v) is 1.83. The third kappa shape index (κ3) is 6.27. The van der Waals surface area contributed by atoms with Crippen LogP contribution in [-0.4, -0.2) is 18.4 Å². The van der Waals surface area contributed by atoms with Crippen LogP contribution in [-0.2, 0) is 4.74 Å². The van der Waals surface area contributed by atoms with E-state index in [1.54, 1.807) is 31.2 Å². The van der Waals surface area contributed by atoms with E-state index in [2.05, 4.69) is 18.8 Å². The predicted octanol–water partition coefficient (Wildman–Crippen LogP) is 4.02. The van der Waals surface area contributed by atoms with E-state index in [1.165, 1.54) is 12.8 Å². The van der Waals surface area contributed by atoms with Gasteiger partial charge in [0.05, 0.1) is 12.2 Å². The average Bonchev–Trinajstić information content (AvgIpc) is 2.51. The molecule has 3 heteroatoms. The van der Waals surface area contributed by atoms with Gasteiger partial charge in [0.15, 0.2) is 0 Å². The fourth-order valence-electron chi connectivity index (χ4n) is 1.83. The Morgan fingerprint density at radius 1 is 1.00 bits per heavy atom. The molecule has 0 heterocycles. The SMILES string of the molecule is CCCCCCC#CC(=O)c1ccc(C(=O)OCC)cc1. The second-order valence-electron chi connectivity index (χ2n) is 4.74. The molecule has 0 aromatic heterocycles. The van der Waals surface area contributed by atoms with Gasteiger partial charge in [-0.1, -0.05) is 32.1 Å². The highest BCUT2D eigenvalue weighted by atomic mass is 16.5. The summed E-state index contributed by atoms with van der Waals surface area (Å²) in [5.74, 6) is 4.97. The summed E-state index contributed by atoms with van der Waals surface area (Å²) in [5, 5.41) is 0. The molecule has 0 amide bonds. The van der Waals surface area contributed by atoms with Crippen molar-refractivity contribution >= 4 is 11.8 Å². The number of hydrogen-bond donors (Lipinski definition) is 0. The molecule has 1 aromatic rings. The van der Waals surface area contributed by atoms with E-state index in [0.717, 1.165) is 19.3 Å². The second kappa shape index (κ2) is 9.77. The molecule has 0 saturated carbocycles. The molecule has 0 saturated heterocycles. The normalized spacial score (nSPS) is 9.62. The first-order valence-electron chi connectivity index (χ1n) is 7.49. The lowest BCUT2D eigenvalue weighted by Gasteiger charge is -2.01. The molecule has 0 atom stereocenters. The van der Waals surface area contributed by atoms with Gasteiger partial charge in [0.25, 0.3) is 0 Å². The van der Waals surface area contributed by atoms with Gasteiger partial charge in [0.2, 0.25) is 5.78 Å². The van der Waals surface area contributed by atoms with E-state index in [1.807, 2.05) is 0 Å². The zero-order valence-electron chi connectivity index (χ0n) is 12.8. The molecule has 0 N–H and O–H groups in total. The first-order valence-corrected chi connectivity index (χ1v) is 7.49. The van der Waals surface area contributed by atoms with Crippen LogP contribution < -0.4 is 0 Å². The molecule has 1 aromatic carbocycles. The fraction of sp³-hybridized carbons (Fsp3) is 0.444. The lowest BCUT2D eigenvalue weighted by Crippen LogP contribution is -2.05. The van der Waals surface area contributed by atoms with Gasteiger partial charge in [-0.2, -0.15) is 0 Å². The van der Waals surface area contributed by atoms with E-state index in [0.29, 0.717) is 17.7 Å². The molecule has 0 unspecified atom stereocenters. The van der Waals surface area contributed by atoms with Crippen LogP contribution in [0, 0.1) is 11.8 Å². The maximum absolute atomic E-state index is 11.9. The zero-order valence-corrected chi connectivity index (χ0v) is 12.8. The lowest BCUT2D eigenvalue weighted by atomic mass is 10.1. The Hall–Kier alpha value is -2.08. The van der Waals surface area contributed by atoms with Crippen LogP contribution in [0.4, 0.5) is 0 Å². The number of ether oxygens (including phenoxy) is 1. The van der Waals surface area contributed by atoms with E-state index in [-0.39, 0.29) is 11.8 Å². The topological polar surface area (TPSA) is 43.4 Å². The average molecular weight is 286 g/mol. The number of rotatable bonds is 7. The molecule has 0 aliphatic carbocycles. The number of ketones is 1. The predicted molar refractivity (Wildman–Crippen MR) is 83.3 cm³/mol. The summed E-state index contributed by atoms with van der Waals surface area (Å²) >= 11 is 0. The van der Waals surface area contributed by atoms with E-state index in [4.69, 9.17) is 4.74 Å². The van der Waals surface area contributed by atoms with E-state index < -0.39 is 0 Å². The summed E-state index contributed by atoms with van der Waals surface area (Å²) in [4.78, 5) is 23.3. The maximum atomic E-state index is 11.9. The van der Waals surface area contributed by atoms with E-state index >= 15 is 0 Å². The molecule has 3 nitrogen and oxygen atoms in total. The third-order valence-electron chi connectivity index (χ3n) is 3.02. The van der Waals surface area contributed by atoms with Crippen molar-refractivity contribution in [1.29, 1.82) is 0 Å². The number of benzene rings is 1. The molecule has 1 rings (SSSR count). The van der Waals surface area contributed by atoms with E-state index in [9.17, 15) is 9.59 Å². The quantitative estimate of drug-likeness (QED) is 0.250. The number of esters is 1. The second-order valence-corrected chi connectivity index (χ2v) is 4.74. The van der Waals surface area contributed by atoms with Gasteiger partial charge < -0.3 is 4.74 Å². The molecule has 0 spiro atoms. The van der Waals surface area contributed by atoms with Gasteiger partial charge in [-0.05, 0) is 43.5 Å². The van der Waals surface area contributed by atoms with Crippen molar-refractivity contribution in [1.82, 2.24) is 0 Å². The Bertz CT molecular complexity index is 518. The summed E-state index contributed by atoms with van der Waals surface area (Å²) < 4.78 is 4.89. The van der Waals surface area contributed by atoms with Crippen LogP contribution in [0.15, 0.2) is 24.3 Å². The number of Topliss-reactive ketones (excluding diaryl/α,β-unsaturated/α-hetero) is 1. The van der Waals surface area contributed by atoms with Crippen molar-refractivity contribution < 1.29 is 14.3 Å². The molecule has 0 fully saturated rings. The van der Waals surface area contributed by atoms with Crippen LogP contribution in [0.1, 0.15) is 66.7 Å². The Balaban J connectivity index is 2.52. The van der Waals surface area contributed by atoms with Crippen molar-refractivity contribution in [3.63, 3.8) is 0 Å².